The summed E-state index contributed by atoms with van der Waals surface area (Å²) in [4.78, 5) is 31.2. The highest BCUT2D eigenvalue weighted by molar-refractivity contribution is 7.09. The van der Waals surface area contributed by atoms with Gasteiger partial charge in [0.2, 0.25) is 11.8 Å². The highest BCUT2D eigenvalue weighted by Gasteiger charge is 2.52. The second-order valence-electron chi connectivity index (χ2n) is 5.72. The predicted octanol–water partition coefficient (Wildman–Crippen LogP) is 1.61. The molecule has 20 heavy (non-hydrogen) atoms. The van der Waals surface area contributed by atoms with Gasteiger partial charge in [0, 0.05) is 5.38 Å². The smallest absolute Gasteiger partial charge is 0.246 e. The zero-order valence-corrected chi connectivity index (χ0v) is 12.6. The summed E-state index contributed by atoms with van der Waals surface area (Å²) in [5.74, 6) is 0.0196. The molecule has 2 heterocycles. The summed E-state index contributed by atoms with van der Waals surface area (Å²) in [6.45, 7) is 4.15. The van der Waals surface area contributed by atoms with E-state index < -0.39 is 11.6 Å². The summed E-state index contributed by atoms with van der Waals surface area (Å²) in [5.41, 5.74) is 0.246. The van der Waals surface area contributed by atoms with Crippen LogP contribution in [0.3, 0.4) is 0 Å². The van der Waals surface area contributed by atoms with Crippen molar-refractivity contribution < 1.29 is 9.59 Å². The van der Waals surface area contributed by atoms with Crippen molar-refractivity contribution in [3.8, 4) is 0 Å². The Hall–Kier alpha value is -1.43. The summed E-state index contributed by atoms with van der Waals surface area (Å²) >= 11 is 1.58. The van der Waals surface area contributed by atoms with Crippen LogP contribution in [-0.4, -0.2) is 33.3 Å². The quantitative estimate of drug-likeness (QED) is 0.901. The molecule has 0 aromatic carbocycles. The van der Waals surface area contributed by atoms with Gasteiger partial charge in [-0.15, -0.1) is 11.3 Å². The molecule has 1 spiro atoms. The molecule has 2 amide bonds. The van der Waals surface area contributed by atoms with Gasteiger partial charge in [-0.25, -0.2) is 4.98 Å². The predicted molar refractivity (Wildman–Crippen MR) is 76.2 cm³/mol. The average molecular weight is 293 g/mol. The van der Waals surface area contributed by atoms with Crippen LogP contribution >= 0.6 is 11.3 Å². The van der Waals surface area contributed by atoms with Crippen molar-refractivity contribution in [2.24, 2.45) is 0 Å². The Balaban J connectivity index is 1.93. The minimum atomic E-state index is -0.638. The van der Waals surface area contributed by atoms with Gasteiger partial charge in [-0.05, 0) is 26.7 Å². The molecule has 2 aliphatic rings. The van der Waals surface area contributed by atoms with E-state index in [9.17, 15) is 9.59 Å². The van der Waals surface area contributed by atoms with E-state index in [0.717, 1.165) is 36.4 Å². The van der Waals surface area contributed by atoms with Gasteiger partial charge in [0.25, 0.3) is 0 Å². The first-order chi connectivity index (χ1) is 9.53. The topological polar surface area (TPSA) is 62.3 Å². The number of aromatic nitrogens is 1. The lowest BCUT2D eigenvalue weighted by Crippen LogP contribution is -2.68. The van der Waals surface area contributed by atoms with Crippen molar-refractivity contribution in [3.63, 3.8) is 0 Å². The largest absolute Gasteiger partial charge is 0.343 e. The molecule has 108 valence electrons. The number of rotatable bonds is 2. The van der Waals surface area contributed by atoms with Crippen molar-refractivity contribution in [1.82, 2.24) is 15.2 Å². The van der Waals surface area contributed by atoms with E-state index in [1.807, 2.05) is 12.3 Å². The molecule has 5 nitrogen and oxygen atoms in total. The normalized spacial score (nSPS) is 25.3. The second-order valence-corrected chi connectivity index (χ2v) is 6.78. The molecule has 1 unspecified atom stereocenters. The fourth-order valence-electron chi connectivity index (χ4n) is 3.29. The molecular weight excluding hydrogens is 274 g/mol. The molecule has 0 bridgehead atoms. The Labute approximate surface area is 122 Å². The molecule has 1 N–H and O–H groups in total. The van der Waals surface area contributed by atoms with E-state index in [0.29, 0.717) is 6.54 Å². The Kier molecular flexibility index (Phi) is 3.28. The molecule has 0 radical (unpaired) electrons. The van der Waals surface area contributed by atoms with Crippen LogP contribution in [0.4, 0.5) is 0 Å². The summed E-state index contributed by atoms with van der Waals surface area (Å²) in [7, 11) is 0. The number of nitrogens with one attached hydrogen (secondary N) is 1. The summed E-state index contributed by atoms with van der Waals surface area (Å²) in [5, 5.41) is 5.80. The summed E-state index contributed by atoms with van der Waals surface area (Å²) < 4.78 is 0. The van der Waals surface area contributed by atoms with Crippen LogP contribution in [0.25, 0.3) is 0 Å². The van der Waals surface area contributed by atoms with Crippen molar-refractivity contribution in [1.29, 1.82) is 0 Å². The maximum atomic E-state index is 12.5. The van der Waals surface area contributed by atoms with Gasteiger partial charge < -0.3 is 10.2 Å². The van der Waals surface area contributed by atoms with Gasteiger partial charge in [-0.3, -0.25) is 9.59 Å². The van der Waals surface area contributed by atoms with Crippen molar-refractivity contribution in [2.75, 3.05) is 0 Å². The molecule has 1 aromatic rings. The molecule has 1 aliphatic heterocycles. The first kappa shape index (κ1) is 13.5. The number of aryl methyl sites for hydroxylation is 1. The summed E-state index contributed by atoms with van der Waals surface area (Å²) in [6, 6.07) is -0.437. The molecule has 3 rings (SSSR count). The molecule has 1 aromatic heterocycles. The van der Waals surface area contributed by atoms with Crippen LogP contribution in [0.1, 0.15) is 43.3 Å². The zero-order valence-electron chi connectivity index (χ0n) is 11.8. The lowest BCUT2D eigenvalue weighted by molar-refractivity contribution is -0.157. The molecule has 1 saturated heterocycles. The number of amides is 2. The summed E-state index contributed by atoms with van der Waals surface area (Å²) in [6.07, 6.45) is 3.53. The third kappa shape index (κ3) is 2.02. The fraction of sp³-hybridized carbons (Fsp3) is 0.643. The number of hydrogen-bond acceptors (Lipinski definition) is 4. The van der Waals surface area contributed by atoms with Crippen LogP contribution in [-0.2, 0) is 16.1 Å². The maximum Gasteiger partial charge on any atom is 0.246 e. The Bertz CT molecular complexity index is 548. The number of thiazole rings is 1. The fourth-order valence-corrected chi connectivity index (χ4v) is 3.89. The van der Waals surface area contributed by atoms with E-state index in [1.54, 1.807) is 23.2 Å². The molecule has 1 atom stereocenters. The van der Waals surface area contributed by atoms with E-state index in [2.05, 4.69) is 10.3 Å². The van der Waals surface area contributed by atoms with Gasteiger partial charge in [0.1, 0.15) is 11.6 Å². The number of nitrogens with zero attached hydrogens (tertiary/aromatic N) is 2. The van der Waals surface area contributed by atoms with Gasteiger partial charge in [0.15, 0.2) is 0 Å². The lowest BCUT2D eigenvalue weighted by Gasteiger charge is -2.45. The lowest BCUT2D eigenvalue weighted by atomic mass is 9.89. The Morgan fingerprint density at radius 3 is 2.75 bits per heavy atom. The molecule has 1 saturated carbocycles. The highest BCUT2D eigenvalue weighted by Crippen LogP contribution is 2.39. The van der Waals surface area contributed by atoms with Crippen LogP contribution in [0.15, 0.2) is 5.38 Å². The van der Waals surface area contributed by atoms with Crippen molar-refractivity contribution in [2.45, 2.75) is 57.7 Å². The molecule has 2 fully saturated rings. The van der Waals surface area contributed by atoms with Crippen molar-refractivity contribution in [3.05, 3.63) is 16.1 Å². The van der Waals surface area contributed by atoms with E-state index in [1.165, 1.54) is 0 Å². The second kappa shape index (κ2) is 4.84. The zero-order chi connectivity index (χ0) is 14.3. The first-order valence-corrected chi connectivity index (χ1v) is 7.94. The number of hydrogen-bond donors (Lipinski definition) is 1. The minimum Gasteiger partial charge on any atom is -0.343 e. The van der Waals surface area contributed by atoms with Gasteiger partial charge in [0.05, 0.1) is 17.2 Å². The average Bonchev–Trinajstić information content (AvgIpc) is 3.03. The van der Waals surface area contributed by atoms with Gasteiger partial charge in [-0.1, -0.05) is 12.8 Å². The third-order valence-corrected chi connectivity index (χ3v) is 5.16. The molecule has 1 aliphatic carbocycles. The van der Waals surface area contributed by atoms with Crippen LogP contribution in [0.5, 0.6) is 0 Å². The minimum absolute atomic E-state index is 0.00838. The highest BCUT2D eigenvalue weighted by atomic mass is 32.1. The Morgan fingerprint density at radius 2 is 2.15 bits per heavy atom. The first-order valence-electron chi connectivity index (χ1n) is 7.06. The van der Waals surface area contributed by atoms with E-state index >= 15 is 0 Å². The van der Waals surface area contributed by atoms with Crippen LogP contribution in [0.2, 0.25) is 0 Å². The van der Waals surface area contributed by atoms with Crippen molar-refractivity contribution >= 4 is 23.2 Å². The number of carbonyl (C=O) groups is 2. The third-order valence-electron chi connectivity index (χ3n) is 4.34. The Morgan fingerprint density at radius 1 is 1.45 bits per heavy atom. The van der Waals surface area contributed by atoms with E-state index in [-0.39, 0.29) is 11.8 Å². The van der Waals surface area contributed by atoms with Crippen LogP contribution < -0.4 is 5.32 Å². The van der Waals surface area contributed by atoms with E-state index in [4.69, 9.17) is 0 Å². The number of piperazine rings is 1. The molecule has 6 heteroatoms. The van der Waals surface area contributed by atoms with Crippen LogP contribution in [0, 0.1) is 6.92 Å². The number of carbonyl (C=O) groups excluding carboxylic acids is 2. The van der Waals surface area contributed by atoms with Gasteiger partial charge >= 0.3 is 0 Å². The monoisotopic (exact) mass is 293 g/mol. The SMILES string of the molecule is Cc1nc(CN2C(=O)C(C)NC(=O)C23CCCC3)cs1. The molecular formula is C14H19N3O2S. The van der Waals surface area contributed by atoms with Gasteiger partial charge in [-0.2, -0.15) is 0 Å². The standard InChI is InChI=1S/C14H19N3O2S/c1-9-12(18)17(7-11-8-20-10(2)16-11)14(13(19)15-9)5-3-4-6-14/h8-9H,3-7H2,1-2H3,(H,15,19). The maximum absolute atomic E-state index is 12.5.